The number of esters is 1. The molecule has 0 heterocycles. The Morgan fingerprint density at radius 3 is 2.13 bits per heavy atom. The molecule has 2 rings (SSSR count). The van der Waals surface area contributed by atoms with Crippen LogP contribution in [0.2, 0.25) is 0 Å². The van der Waals surface area contributed by atoms with Crippen molar-refractivity contribution in [2.75, 3.05) is 6.61 Å². The molecule has 0 aromatic rings. The van der Waals surface area contributed by atoms with Gasteiger partial charge < -0.3 is 4.74 Å². The number of unbranched alkanes of at least 4 members (excludes halogenated alkanes) is 2. The lowest BCUT2D eigenvalue weighted by molar-refractivity contribution is -0.157. The van der Waals surface area contributed by atoms with Crippen LogP contribution in [0.4, 0.5) is 0 Å². The number of hydrogen-bond acceptors (Lipinski definition) is 2. The van der Waals surface area contributed by atoms with Gasteiger partial charge in [-0.05, 0) is 70.1 Å². The minimum atomic E-state index is -0.204. The Balaban J connectivity index is 1.71. The molecule has 0 radical (unpaired) electrons. The molecule has 0 aliphatic heterocycles. The van der Waals surface area contributed by atoms with Crippen molar-refractivity contribution in [1.29, 1.82) is 0 Å². The van der Waals surface area contributed by atoms with Crippen molar-refractivity contribution in [3.8, 4) is 0 Å². The van der Waals surface area contributed by atoms with E-state index in [0.29, 0.717) is 6.61 Å². The maximum Gasteiger partial charge on any atom is 0.311 e. The van der Waals surface area contributed by atoms with Crippen LogP contribution in [0, 0.1) is 23.2 Å². The Morgan fingerprint density at radius 2 is 1.57 bits per heavy atom. The quantitative estimate of drug-likeness (QED) is 0.416. The molecule has 0 spiro atoms. The molecule has 2 heteroatoms. The summed E-state index contributed by atoms with van der Waals surface area (Å²) in [6.07, 6.45) is 16.0. The van der Waals surface area contributed by atoms with Crippen molar-refractivity contribution in [3.05, 3.63) is 0 Å². The maximum atomic E-state index is 12.1. The second-order valence-electron chi connectivity index (χ2n) is 8.40. The van der Waals surface area contributed by atoms with Crippen molar-refractivity contribution in [2.45, 2.75) is 97.8 Å². The fourth-order valence-electron chi connectivity index (χ4n) is 4.89. The summed E-state index contributed by atoms with van der Waals surface area (Å²) in [5.74, 6) is 2.85. The fourth-order valence-corrected chi connectivity index (χ4v) is 4.89. The molecule has 2 saturated carbocycles. The third-order valence-corrected chi connectivity index (χ3v) is 6.68. The molecule has 0 aromatic carbocycles. The molecule has 134 valence electrons. The summed E-state index contributed by atoms with van der Waals surface area (Å²) in [6.45, 7) is 6.83. The van der Waals surface area contributed by atoms with Gasteiger partial charge in [-0.15, -0.1) is 0 Å². The van der Waals surface area contributed by atoms with Crippen LogP contribution in [-0.4, -0.2) is 12.6 Å². The van der Waals surface area contributed by atoms with Crippen molar-refractivity contribution in [1.82, 2.24) is 0 Å². The van der Waals surface area contributed by atoms with Gasteiger partial charge >= 0.3 is 5.97 Å². The number of ether oxygens (including phenoxy) is 1. The fraction of sp³-hybridized carbons (Fsp3) is 0.952. The highest BCUT2D eigenvalue weighted by Crippen LogP contribution is 2.46. The van der Waals surface area contributed by atoms with Crippen molar-refractivity contribution in [2.24, 2.45) is 23.2 Å². The lowest BCUT2D eigenvalue weighted by Gasteiger charge is -2.40. The first kappa shape index (κ1) is 18.8. The molecule has 0 unspecified atom stereocenters. The number of carbonyl (C=O) groups is 1. The van der Waals surface area contributed by atoms with E-state index in [4.69, 9.17) is 4.74 Å². The Morgan fingerprint density at radius 1 is 0.957 bits per heavy atom. The minimum Gasteiger partial charge on any atom is -0.466 e. The van der Waals surface area contributed by atoms with E-state index in [1.165, 1.54) is 64.2 Å². The average Bonchev–Trinajstić information content (AvgIpc) is 2.57. The molecule has 23 heavy (non-hydrogen) atoms. The van der Waals surface area contributed by atoms with Crippen LogP contribution in [-0.2, 0) is 9.53 Å². The van der Waals surface area contributed by atoms with Gasteiger partial charge in [0.2, 0.25) is 0 Å². The van der Waals surface area contributed by atoms with Gasteiger partial charge in [-0.2, -0.15) is 0 Å². The first-order valence-corrected chi connectivity index (χ1v) is 10.3. The second-order valence-corrected chi connectivity index (χ2v) is 8.40. The van der Waals surface area contributed by atoms with Gasteiger partial charge in [-0.3, -0.25) is 4.79 Å². The van der Waals surface area contributed by atoms with E-state index in [2.05, 4.69) is 13.8 Å². The van der Waals surface area contributed by atoms with Crippen molar-refractivity contribution in [3.63, 3.8) is 0 Å². The van der Waals surface area contributed by atoms with Crippen LogP contribution < -0.4 is 0 Å². The van der Waals surface area contributed by atoms with Crippen LogP contribution in [0.5, 0.6) is 0 Å². The van der Waals surface area contributed by atoms with Crippen molar-refractivity contribution < 1.29 is 9.53 Å². The zero-order valence-electron chi connectivity index (χ0n) is 15.7. The van der Waals surface area contributed by atoms with Gasteiger partial charge in [0.1, 0.15) is 0 Å². The molecular formula is C21H38O2. The van der Waals surface area contributed by atoms with E-state index in [1.807, 2.05) is 6.92 Å². The van der Waals surface area contributed by atoms with Gasteiger partial charge in [-0.1, -0.05) is 45.4 Å². The smallest absolute Gasteiger partial charge is 0.311 e. The lowest BCUT2D eigenvalue weighted by Crippen LogP contribution is -2.36. The Hall–Kier alpha value is -0.530. The van der Waals surface area contributed by atoms with Crippen LogP contribution in [0.25, 0.3) is 0 Å². The molecule has 0 atom stereocenters. The zero-order chi connectivity index (χ0) is 16.7. The summed E-state index contributed by atoms with van der Waals surface area (Å²) in [5.41, 5.74) is -0.204. The number of hydrogen-bond donors (Lipinski definition) is 0. The first-order valence-electron chi connectivity index (χ1n) is 10.3. The summed E-state index contributed by atoms with van der Waals surface area (Å²) >= 11 is 0. The highest BCUT2D eigenvalue weighted by Gasteiger charge is 2.40. The monoisotopic (exact) mass is 322 g/mol. The summed E-state index contributed by atoms with van der Waals surface area (Å²) in [4.78, 5) is 12.1. The molecule has 2 nitrogen and oxygen atoms in total. The minimum absolute atomic E-state index is 0.0399. The summed E-state index contributed by atoms with van der Waals surface area (Å²) in [6, 6.07) is 0. The third-order valence-electron chi connectivity index (χ3n) is 6.68. The summed E-state index contributed by atoms with van der Waals surface area (Å²) < 4.78 is 5.29. The molecule has 0 amide bonds. The topological polar surface area (TPSA) is 26.3 Å². The molecule has 0 bridgehead atoms. The summed E-state index contributed by atoms with van der Waals surface area (Å²) in [5, 5.41) is 0. The van der Waals surface area contributed by atoms with Gasteiger partial charge in [0.05, 0.1) is 12.0 Å². The van der Waals surface area contributed by atoms with Gasteiger partial charge in [-0.25, -0.2) is 0 Å². The normalized spacial score (nSPS) is 35.0. The van der Waals surface area contributed by atoms with E-state index in [0.717, 1.165) is 30.6 Å². The van der Waals surface area contributed by atoms with E-state index < -0.39 is 0 Å². The Kier molecular flexibility index (Phi) is 7.43. The van der Waals surface area contributed by atoms with Crippen LogP contribution in [0.1, 0.15) is 97.8 Å². The van der Waals surface area contributed by atoms with Crippen LogP contribution in [0.15, 0.2) is 0 Å². The summed E-state index contributed by atoms with van der Waals surface area (Å²) in [7, 11) is 0. The van der Waals surface area contributed by atoms with Gasteiger partial charge in [0.25, 0.3) is 0 Å². The molecule has 2 aliphatic carbocycles. The molecule has 0 N–H and O–H groups in total. The van der Waals surface area contributed by atoms with E-state index in [1.54, 1.807) is 0 Å². The standard InChI is InChI=1S/C21H38O2/c1-4-6-7-8-17-9-11-18(12-10-17)19-13-15-21(3,16-14-19)20(22)23-5-2/h17-19H,4-16H2,1-3H3. The predicted molar refractivity (Wildman–Crippen MR) is 96.3 cm³/mol. The average molecular weight is 323 g/mol. The largest absolute Gasteiger partial charge is 0.466 e. The van der Waals surface area contributed by atoms with E-state index in [-0.39, 0.29) is 11.4 Å². The molecule has 0 aromatic heterocycles. The highest BCUT2D eigenvalue weighted by atomic mass is 16.5. The van der Waals surface area contributed by atoms with Gasteiger partial charge in [0, 0.05) is 0 Å². The van der Waals surface area contributed by atoms with Crippen molar-refractivity contribution >= 4 is 5.97 Å². The molecule has 2 fully saturated rings. The maximum absolute atomic E-state index is 12.1. The lowest BCUT2D eigenvalue weighted by atomic mass is 9.65. The highest BCUT2D eigenvalue weighted by molar-refractivity contribution is 5.76. The second kappa shape index (κ2) is 9.08. The molecule has 2 aliphatic rings. The van der Waals surface area contributed by atoms with Gasteiger partial charge in [0.15, 0.2) is 0 Å². The third kappa shape index (κ3) is 5.22. The van der Waals surface area contributed by atoms with E-state index >= 15 is 0 Å². The Bertz CT molecular complexity index is 347. The molecular weight excluding hydrogens is 284 g/mol. The van der Waals surface area contributed by atoms with E-state index in [9.17, 15) is 4.79 Å². The van der Waals surface area contributed by atoms with Crippen LogP contribution >= 0.6 is 0 Å². The Labute approximate surface area is 143 Å². The first-order chi connectivity index (χ1) is 11.1. The van der Waals surface area contributed by atoms with Crippen LogP contribution in [0.3, 0.4) is 0 Å². The number of rotatable bonds is 7. The zero-order valence-corrected chi connectivity index (χ0v) is 15.7. The molecule has 0 saturated heterocycles. The number of carbonyl (C=O) groups excluding carboxylic acids is 1. The SMILES string of the molecule is CCCCCC1CCC(C2CCC(C)(C(=O)OCC)CC2)CC1. The predicted octanol–water partition coefficient (Wildman–Crippen LogP) is 6.13.